The van der Waals surface area contributed by atoms with Crippen molar-refractivity contribution >= 4 is 29.9 Å². The Morgan fingerprint density at radius 3 is 2.38 bits per heavy atom. The van der Waals surface area contributed by atoms with Crippen molar-refractivity contribution in [2.45, 2.75) is 39.9 Å². The molecule has 0 amide bonds. The third kappa shape index (κ3) is 9.63. The summed E-state index contributed by atoms with van der Waals surface area (Å²) in [6.07, 6.45) is -0.649. The number of hydrogen-bond donors (Lipinski definition) is 2. The number of aliphatic imine (C=N–C) groups is 1. The molecule has 1 aromatic rings. The quantitative estimate of drug-likeness (QED) is 0.299. The molecule has 29 heavy (non-hydrogen) atoms. The first kappa shape index (κ1) is 26.1. The first-order chi connectivity index (χ1) is 13.5. The third-order valence-electron chi connectivity index (χ3n) is 4.89. The summed E-state index contributed by atoms with van der Waals surface area (Å²) in [5, 5.41) is 13.7. The molecule has 2 rings (SSSR count). The number of benzene rings is 1. The molecule has 2 atom stereocenters. The number of nitrogens with zero attached hydrogens (tertiary/aromatic N) is 3. The number of ether oxygens (including phenoxy) is 1. The molecule has 0 radical (unpaired) electrons. The molecule has 1 aliphatic heterocycles. The summed E-state index contributed by atoms with van der Waals surface area (Å²) in [6, 6.07) is 10.1. The maximum atomic E-state index is 10.3. The lowest BCUT2D eigenvalue weighted by Crippen LogP contribution is -2.53. The van der Waals surface area contributed by atoms with Crippen LogP contribution >= 0.6 is 24.0 Å². The Morgan fingerprint density at radius 2 is 1.79 bits per heavy atom. The van der Waals surface area contributed by atoms with Crippen LogP contribution in [0.4, 0.5) is 0 Å². The van der Waals surface area contributed by atoms with E-state index in [1.165, 1.54) is 0 Å². The van der Waals surface area contributed by atoms with E-state index < -0.39 is 6.10 Å². The average Bonchev–Trinajstić information content (AvgIpc) is 2.70. The van der Waals surface area contributed by atoms with Crippen LogP contribution in [0.5, 0.6) is 0 Å². The lowest BCUT2D eigenvalue weighted by molar-refractivity contribution is 0.00102. The zero-order valence-corrected chi connectivity index (χ0v) is 20.7. The molecule has 2 N–H and O–H groups in total. The van der Waals surface area contributed by atoms with Crippen molar-refractivity contribution in [1.82, 2.24) is 15.1 Å². The van der Waals surface area contributed by atoms with Crippen molar-refractivity contribution in [2.75, 3.05) is 52.4 Å². The first-order valence-electron chi connectivity index (χ1n) is 10.6. The van der Waals surface area contributed by atoms with Crippen LogP contribution in [0.1, 0.15) is 39.4 Å². The van der Waals surface area contributed by atoms with Crippen molar-refractivity contribution in [1.29, 1.82) is 0 Å². The molecule has 1 saturated heterocycles. The first-order valence-corrected chi connectivity index (χ1v) is 10.6. The molecule has 0 aromatic heterocycles. The molecular formula is C22H39IN4O2. The normalized spacial score (nSPS) is 17.7. The number of nitrogens with one attached hydrogen (secondary N) is 1. The fraction of sp³-hybridized carbons (Fsp3) is 0.682. The van der Waals surface area contributed by atoms with E-state index in [9.17, 15) is 5.11 Å². The summed E-state index contributed by atoms with van der Waals surface area (Å²) < 4.78 is 5.82. The second-order valence-corrected chi connectivity index (χ2v) is 7.92. The van der Waals surface area contributed by atoms with E-state index in [2.05, 4.69) is 40.9 Å². The minimum absolute atomic E-state index is 0. The average molecular weight is 518 g/mol. The second kappa shape index (κ2) is 14.2. The van der Waals surface area contributed by atoms with Crippen molar-refractivity contribution in [3.8, 4) is 0 Å². The predicted octanol–water partition coefficient (Wildman–Crippen LogP) is 2.98. The van der Waals surface area contributed by atoms with Gasteiger partial charge in [-0.1, -0.05) is 44.2 Å². The van der Waals surface area contributed by atoms with Gasteiger partial charge in [0.2, 0.25) is 0 Å². The number of halogens is 1. The molecule has 6 nitrogen and oxygen atoms in total. The van der Waals surface area contributed by atoms with Crippen LogP contribution in [0.25, 0.3) is 0 Å². The lowest BCUT2D eigenvalue weighted by atomic mass is 10.1. The zero-order valence-electron chi connectivity index (χ0n) is 18.4. The van der Waals surface area contributed by atoms with Crippen LogP contribution in [0.3, 0.4) is 0 Å². The van der Waals surface area contributed by atoms with E-state index >= 15 is 0 Å². The predicted molar refractivity (Wildman–Crippen MR) is 131 cm³/mol. The summed E-state index contributed by atoms with van der Waals surface area (Å²) in [5.41, 5.74) is 1.12. The lowest BCUT2D eigenvalue weighted by Gasteiger charge is -2.37. The van der Waals surface area contributed by atoms with Crippen LogP contribution < -0.4 is 5.32 Å². The van der Waals surface area contributed by atoms with Crippen molar-refractivity contribution < 1.29 is 9.84 Å². The molecule has 1 aromatic carbocycles. The van der Waals surface area contributed by atoms with Crippen LogP contribution in [0.15, 0.2) is 35.3 Å². The van der Waals surface area contributed by atoms with Crippen LogP contribution in [-0.4, -0.2) is 79.4 Å². The van der Waals surface area contributed by atoms with E-state index in [-0.39, 0.29) is 36.7 Å². The highest BCUT2D eigenvalue weighted by atomic mass is 127. The van der Waals surface area contributed by atoms with Gasteiger partial charge >= 0.3 is 0 Å². The van der Waals surface area contributed by atoms with Gasteiger partial charge in [0.05, 0.1) is 25.4 Å². The highest BCUT2D eigenvalue weighted by molar-refractivity contribution is 14.0. The Kier molecular flexibility index (Phi) is 12.8. The number of rotatable bonds is 9. The van der Waals surface area contributed by atoms with Gasteiger partial charge in [0.1, 0.15) is 0 Å². The Labute approximate surface area is 193 Å². The summed E-state index contributed by atoms with van der Waals surface area (Å²) in [7, 11) is 0. The summed E-state index contributed by atoms with van der Waals surface area (Å²) in [5.74, 6) is 1.59. The number of guanidine groups is 1. The van der Waals surface area contributed by atoms with E-state index in [1.807, 2.05) is 37.3 Å². The Bertz CT molecular complexity index is 577. The van der Waals surface area contributed by atoms with Gasteiger partial charge in [-0.2, -0.15) is 0 Å². The van der Waals surface area contributed by atoms with E-state index in [1.54, 1.807) is 0 Å². The monoisotopic (exact) mass is 518 g/mol. The smallest absolute Gasteiger partial charge is 0.194 e. The summed E-state index contributed by atoms with van der Waals surface area (Å²) in [4.78, 5) is 9.46. The van der Waals surface area contributed by atoms with Gasteiger partial charge in [-0.15, -0.1) is 24.0 Å². The highest BCUT2D eigenvalue weighted by Crippen LogP contribution is 2.16. The Hall–Kier alpha value is -0.900. The number of hydrogen-bond acceptors (Lipinski definition) is 4. The molecule has 2 unspecified atom stereocenters. The van der Waals surface area contributed by atoms with Crippen LogP contribution in [0, 0.1) is 5.92 Å². The van der Waals surface area contributed by atoms with Crippen molar-refractivity contribution in [2.24, 2.45) is 10.9 Å². The van der Waals surface area contributed by atoms with E-state index in [0.717, 1.165) is 50.8 Å². The fourth-order valence-corrected chi connectivity index (χ4v) is 3.40. The molecule has 0 aliphatic carbocycles. The van der Waals surface area contributed by atoms with Crippen molar-refractivity contribution in [3.05, 3.63) is 35.9 Å². The number of piperazine rings is 1. The van der Waals surface area contributed by atoms with Crippen molar-refractivity contribution in [3.63, 3.8) is 0 Å². The van der Waals surface area contributed by atoms with Gasteiger partial charge < -0.3 is 20.1 Å². The molecule has 1 fully saturated rings. The second-order valence-electron chi connectivity index (χ2n) is 7.92. The van der Waals surface area contributed by atoms with E-state index in [0.29, 0.717) is 12.5 Å². The molecule has 1 heterocycles. The number of aliphatic hydroxyl groups excluding tert-OH is 1. The maximum Gasteiger partial charge on any atom is 0.194 e. The Morgan fingerprint density at radius 1 is 1.14 bits per heavy atom. The molecular weight excluding hydrogens is 479 g/mol. The number of aliphatic hydroxyl groups is 1. The molecule has 0 bridgehead atoms. The van der Waals surface area contributed by atoms with Gasteiger partial charge in [-0.3, -0.25) is 9.89 Å². The maximum absolute atomic E-state index is 10.3. The SMILES string of the molecule is CCNC(=NCC(O)COC(C)c1ccccc1)N1CCN(CC(C)C)CC1.I. The molecule has 0 saturated carbocycles. The van der Waals surface area contributed by atoms with Gasteiger partial charge in [-0.05, 0) is 25.3 Å². The van der Waals surface area contributed by atoms with E-state index in [4.69, 9.17) is 4.74 Å². The summed E-state index contributed by atoms with van der Waals surface area (Å²) >= 11 is 0. The molecule has 1 aliphatic rings. The molecule has 0 spiro atoms. The van der Waals surface area contributed by atoms with Gasteiger partial charge in [0.25, 0.3) is 0 Å². The van der Waals surface area contributed by atoms with Crippen LogP contribution in [0.2, 0.25) is 0 Å². The zero-order chi connectivity index (χ0) is 20.4. The highest BCUT2D eigenvalue weighted by Gasteiger charge is 2.20. The topological polar surface area (TPSA) is 60.3 Å². The Balaban J connectivity index is 0.00000420. The van der Waals surface area contributed by atoms with Gasteiger partial charge in [0, 0.05) is 39.3 Å². The minimum Gasteiger partial charge on any atom is -0.389 e. The van der Waals surface area contributed by atoms with Gasteiger partial charge in [0.15, 0.2) is 5.96 Å². The fourth-order valence-electron chi connectivity index (χ4n) is 3.40. The standard InChI is InChI=1S/C22H38N4O2.HI/c1-5-23-22(26-13-11-25(12-14-26)16-18(2)3)24-15-21(27)17-28-19(4)20-9-7-6-8-10-20;/h6-10,18-19,21,27H,5,11-17H2,1-4H3,(H,23,24);1H. The van der Waals surface area contributed by atoms with Gasteiger partial charge in [-0.25, -0.2) is 0 Å². The minimum atomic E-state index is -0.609. The summed E-state index contributed by atoms with van der Waals surface area (Å²) in [6.45, 7) is 15.3. The van der Waals surface area contributed by atoms with Crippen LogP contribution in [-0.2, 0) is 4.74 Å². The molecule has 166 valence electrons. The largest absolute Gasteiger partial charge is 0.389 e. The molecule has 7 heteroatoms. The third-order valence-corrected chi connectivity index (χ3v) is 4.89.